The van der Waals surface area contributed by atoms with Crippen molar-refractivity contribution < 1.29 is 4.57 Å². The van der Waals surface area contributed by atoms with Gasteiger partial charge in [0, 0.05) is 23.6 Å². The number of rotatable bonds is 2. The fourth-order valence-corrected chi connectivity index (χ4v) is 3.03. The van der Waals surface area contributed by atoms with Gasteiger partial charge < -0.3 is 0 Å². The SMILES string of the molecule is c1ccc(C[n+]2ccc3c(c2)Cc2ccccc2-3)cc1. The summed E-state index contributed by atoms with van der Waals surface area (Å²) in [5.41, 5.74) is 7.01. The van der Waals surface area contributed by atoms with Crippen LogP contribution < -0.4 is 4.57 Å². The number of nitrogens with zero attached hydrogens (tertiary/aromatic N) is 1. The molecule has 96 valence electrons. The maximum atomic E-state index is 2.29. The van der Waals surface area contributed by atoms with Gasteiger partial charge in [-0.15, -0.1) is 0 Å². The number of hydrogen-bond acceptors (Lipinski definition) is 0. The van der Waals surface area contributed by atoms with Crippen LogP contribution in [0.15, 0.2) is 73.1 Å². The van der Waals surface area contributed by atoms with E-state index < -0.39 is 0 Å². The number of benzene rings is 2. The Morgan fingerprint density at radius 1 is 0.750 bits per heavy atom. The highest BCUT2D eigenvalue weighted by Gasteiger charge is 2.20. The van der Waals surface area contributed by atoms with E-state index in [2.05, 4.69) is 77.6 Å². The van der Waals surface area contributed by atoms with Gasteiger partial charge >= 0.3 is 0 Å². The maximum Gasteiger partial charge on any atom is 0.173 e. The summed E-state index contributed by atoms with van der Waals surface area (Å²) in [6, 6.07) is 21.6. The van der Waals surface area contributed by atoms with Crippen molar-refractivity contribution in [1.82, 2.24) is 0 Å². The molecule has 0 bridgehead atoms. The molecular formula is C19H16N+. The zero-order chi connectivity index (χ0) is 13.4. The van der Waals surface area contributed by atoms with E-state index in [-0.39, 0.29) is 0 Å². The minimum atomic E-state index is 0.935. The molecule has 0 N–H and O–H groups in total. The molecule has 0 unspecified atom stereocenters. The fraction of sp³-hybridized carbons (Fsp3) is 0.105. The Balaban J connectivity index is 1.69. The number of hydrogen-bond donors (Lipinski definition) is 0. The van der Waals surface area contributed by atoms with Crippen molar-refractivity contribution in [3.8, 4) is 11.1 Å². The molecular weight excluding hydrogens is 242 g/mol. The van der Waals surface area contributed by atoms with E-state index in [1.165, 1.54) is 27.8 Å². The fourth-order valence-electron chi connectivity index (χ4n) is 3.03. The largest absolute Gasteiger partial charge is 0.200 e. The molecule has 0 amide bonds. The lowest BCUT2D eigenvalue weighted by Gasteiger charge is -2.01. The van der Waals surface area contributed by atoms with Crippen molar-refractivity contribution in [2.24, 2.45) is 0 Å². The zero-order valence-electron chi connectivity index (χ0n) is 11.3. The Labute approximate surface area is 119 Å². The van der Waals surface area contributed by atoms with Crippen LogP contribution in [0.25, 0.3) is 11.1 Å². The lowest BCUT2D eigenvalue weighted by Crippen LogP contribution is -2.33. The molecule has 2 aromatic carbocycles. The third kappa shape index (κ3) is 1.92. The highest BCUT2D eigenvalue weighted by molar-refractivity contribution is 5.75. The quantitative estimate of drug-likeness (QED) is 0.484. The molecule has 0 spiro atoms. The summed E-state index contributed by atoms with van der Waals surface area (Å²) in [6.07, 6.45) is 5.54. The molecule has 0 aliphatic heterocycles. The summed E-state index contributed by atoms with van der Waals surface area (Å²) >= 11 is 0. The molecule has 0 radical (unpaired) electrons. The first kappa shape index (κ1) is 11.4. The minimum Gasteiger partial charge on any atom is -0.200 e. The van der Waals surface area contributed by atoms with Crippen LogP contribution in [0.4, 0.5) is 0 Å². The molecule has 20 heavy (non-hydrogen) atoms. The third-order valence-corrected chi connectivity index (χ3v) is 4.00. The number of fused-ring (bicyclic) bond motifs is 3. The average Bonchev–Trinajstić information content (AvgIpc) is 2.86. The summed E-state index contributed by atoms with van der Waals surface area (Å²) in [6.45, 7) is 0.935. The van der Waals surface area contributed by atoms with Crippen LogP contribution in [-0.4, -0.2) is 0 Å². The Bertz CT molecular complexity index is 760. The number of pyridine rings is 1. The Kier molecular flexibility index (Phi) is 2.63. The molecule has 0 fully saturated rings. The van der Waals surface area contributed by atoms with Gasteiger partial charge in [0.05, 0.1) is 0 Å². The van der Waals surface area contributed by atoms with Crippen LogP contribution in [0.2, 0.25) is 0 Å². The molecule has 1 heteroatoms. The molecule has 0 saturated heterocycles. The Hall–Kier alpha value is -2.41. The van der Waals surface area contributed by atoms with E-state index in [0.717, 1.165) is 13.0 Å². The van der Waals surface area contributed by atoms with Crippen molar-refractivity contribution in [3.05, 3.63) is 89.7 Å². The molecule has 0 atom stereocenters. The Morgan fingerprint density at radius 2 is 1.50 bits per heavy atom. The van der Waals surface area contributed by atoms with Crippen LogP contribution in [-0.2, 0) is 13.0 Å². The predicted molar refractivity (Wildman–Crippen MR) is 80.4 cm³/mol. The van der Waals surface area contributed by atoms with E-state index in [9.17, 15) is 0 Å². The lowest BCUT2D eigenvalue weighted by molar-refractivity contribution is -0.688. The molecule has 4 rings (SSSR count). The molecule has 1 aliphatic carbocycles. The Morgan fingerprint density at radius 3 is 2.40 bits per heavy atom. The van der Waals surface area contributed by atoms with Crippen LogP contribution in [0, 0.1) is 0 Å². The number of aromatic nitrogens is 1. The van der Waals surface area contributed by atoms with Crippen LogP contribution in [0.5, 0.6) is 0 Å². The average molecular weight is 258 g/mol. The minimum absolute atomic E-state index is 0.935. The molecule has 1 heterocycles. The molecule has 0 saturated carbocycles. The normalized spacial score (nSPS) is 12.0. The summed E-state index contributed by atoms with van der Waals surface area (Å²) in [4.78, 5) is 0. The summed E-state index contributed by atoms with van der Waals surface area (Å²) < 4.78 is 2.28. The second-order valence-electron chi connectivity index (χ2n) is 5.38. The van der Waals surface area contributed by atoms with Gasteiger partial charge in [-0.2, -0.15) is 0 Å². The third-order valence-electron chi connectivity index (χ3n) is 4.00. The van der Waals surface area contributed by atoms with Crippen LogP contribution in [0.3, 0.4) is 0 Å². The topological polar surface area (TPSA) is 3.88 Å². The van der Waals surface area contributed by atoms with Gasteiger partial charge in [0.2, 0.25) is 0 Å². The molecule has 1 aromatic heterocycles. The summed E-state index contributed by atoms with van der Waals surface area (Å²) in [7, 11) is 0. The smallest absolute Gasteiger partial charge is 0.173 e. The first-order valence-electron chi connectivity index (χ1n) is 7.04. The second-order valence-corrected chi connectivity index (χ2v) is 5.38. The first-order chi connectivity index (χ1) is 9.90. The standard InChI is InChI=1S/C19H16N/c1-2-6-15(7-3-1)13-20-11-10-19-17(14-20)12-16-8-4-5-9-18(16)19/h1-11,14H,12-13H2/q+1. The van der Waals surface area contributed by atoms with Gasteiger partial charge in [-0.3, -0.25) is 0 Å². The van der Waals surface area contributed by atoms with E-state index in [1.54, 1.807) is 0 Å². The molecule has 1 nitrogen and oxygen atoms in total. The highest BCUT2D eigenvalue weighted by Crippen LogP contribution is 2.35. The van der Waals surface area contributed by atoms with Crippen molar-refractivity contribution >= 4 is 0 Å². The van der Waals surface area contributed by atoms with Crippen LogP contribution >= 0.6 is 0 Å². The van der Waals surface area contributed by atoms with Gasteiger partial charge in [0.25, 0.3) is 0 Å². The van der Waals surface area contributed by atoms with Gasteiger partial charge in [-0.25, -0.2) is 4.57 Å². The van der Waals surface area contributed by atoms with Gasteiger partial charge in [0.1, 0.15) is 0 Å². The molecule has 3 aromatic rings. The van der Waals surface area contributed by atoms with Crippen LogP contribution in [0.1, 0.15) is 16.7 Å². The summed E-state index contributed by atoms with van der Waals surface area (Å²) in [5, 5.41) is 0. The molecule has 1 aliphatic rings. The van der Waals surface area contributed by atoms with Crippen molar-refractivity contribution in [3.63, 3.8) is 0 Å². The van der Waals surface area contributed by atoms with Gasteiger partial charge in [0.15, 0.2) is 18.9 Å². The van der Waals surface area contributed by atoms with Crippen molar-refractivity contribution in [1.29, 1.82) is 0 Å². The maximum absolute atomic E-state index is 2.29. The van der Waals surface area contributed by atoms with E-state index in [4.69, 9.17) is 0 Å². The van der Waals surface area contributed by atoms with E-state index >= 15 is 0 Å². The van der Waals surface area contributed by atoms with E-state index in [0.29, 0.717) is 0 Å². The van der Waals surface area contributed by atoms with Gasteiger partial charge in [-0.1, -0.05) is 54.6 Å². The van der Waals surface area contributed by atoms with Crippen molar-refractivity contribution in [2.45, 2.75) is 13.0 Å². The zero-order valence-corrected chi connectivity index (χ0v) is 11.3. The second kappa shape index (κ2) is 4.61. The van der Waals surface area contributed by atoms with Gasteiger partial charge in [-0.05, 0) is 16.7 Å². The van der Waals surface area contributed by atoms with E-state index in [1.807, 2.05) is 0 Å². The lowest BCUT2D eigenvalue weighted by atomic mass is 10.1. The highest BCUT2D eigenvalue weighted by atomic mass is 14.9. The van der Waals surface area contributed by atoms with Crippen molar-refractivity contribution in [2.75, 3.05) is 0 Å². The first-order valence-corrected chi connectivity index (χ1v) is 7.04. The summed E-state index contributed by atoms with van der Waals surface area (Å²) in [5.74, 6) is 0. The predicted octanol–water partition coefficient (Wildman–Crippen LogP) is 3.59. The monoisotopic (exact) mass is 258 g/mol.